The summed E-state index contributed by atoms with van der Waals surface area (Å²) >= 11 is 0. The number of rotatable bonds is 7. The number of benzene rings is 3. The molecule has 0 fully saturated rings. The molecule has 1 aliphatic rings. The number of carbonyl (C=O) groups excluding carboxylic acids is 2. The molecule has 148 valence electrons. The molecule has 0 atom stereocenters. The largest absolute Gasteiger partial charge is 0.493 e. The molecule has 0 spiro atoms. The van der Waals surface area contributed by atoms with Gasteiger partial charge < -0.3 is 14.8 Å². The van der Waals surface area contributed by atoms with E-state index in [-0.39, 0.29) is 11.8 Å². The number of amides is 2. The van der Waals surface area contributed by atoms with Crippen molar-refractivity contribution in [3.05, 3.63) is 71.3 Å². The smallest absolute Gasteiger partial charge is 0.261 e. The van der Waals surface area contributed by atoms with Crippen LogP contribution in [0.5, 0.6) is 11.5 Å². The van der Waals surface area contributed by atoms with Crippen LogP contribution in [0.4, 0.5) is 0 Å². The van der Waals surface area contributed by atoms with Crippen LogP contribution >= 0.6 is 0 Å². The van der Waals surface area contributed by atoms with Crippen LogP contribution in [0.2, 0.25) is 0 Å². The van der Waals surface area contributed by atoms with Crippen molar-refractivity contribution in [1.82, 2.24) is 10.2 Å². The van der Waals surface area contributed by atoms with Gasteiger partial charge in [-0.05, 0) is 35.2 Å². The zero-order valence-corrected chi connectivity index (χ0v) is 16.4. The third kappa shape index (κ3) is 3.43. The Morgan fingerprint density at radius 3 is 2.14 bits per heavy atom. The molecule has 1 aliphatic heterocycles. The predicted molar refractivity (Wildman–Crippen MR) is 111 cm³/mol. The summed E-state index contributed by atoms with van der Waals surface area (Å²) in [5, 5.41) is 4.94. The molecule has 3 aromatic carbocycles. The SMILES string of the molecule is COc1ccc(CNCCN2C(=O)c3cccc4cccc(c34)C2=O)cc1OC. The highest BCUT2D eigenvalue weighted by Crippen LogP contribution is 2.30. The van der Waals surface area contributed by atoms with Crippen molar-refractivity contribution in [2.45, 2.75) is 6.54 Å². The summed E-state index contributed by atoms with van der Waals surface area (Å²) in [6.07, 6.45) is 0. The Balaban J connectivity index is 1.43. The molecule has 0 saturated carbocycles. The van der Waals surface area contributed by atoms with E-state index in [0.29, 0.717) is 42.3 Å². The molecule has 6 heteroatoms. The standard InChI is InChI=1S/C23H22N2O4/c1-28-19-10-9-15(13-20(19)29-2)14-24-11-12-25-22(26)17-7-3-5-16-6-4-8-18(21(16)17)23(25)27/h3-10,13,24H,11-12,14H2,1-2H3. The van der Waals surface area contributed by atoms with Gasteiger partial charge in [0.2, 0.25) is 0 Å². The van der Waals surface area contributed by atoms with Gasteiger partial charge in [0.05, 0.1) is 14.2 Å². The van der Waals surface area contributed by atoms with Crippen molar-refractivity contribution in [3.63, 3.8) is 0 Å². The van der Waals surface area contributed by atoms with Gasteiger partial charge in [-0.15, -0.1) is 0 Å². The predicted octanol–water partition coefficient (Wildman–Crippen LogP) is 3.24. The second-order valence-corrected chi connectivity index (χ2v) is 6.84. The van der Waals surface area contributed by atoms with Crippen LogP contribution in [-0.2, 0) is 6.54 Å². The molecule has 0 aliphatic carbocycles. The molecular formula is C23H22N2O4. The first-order valence-electron chi connectivity index (χ1n) is 9.43. The molecule has 3 aromatic rings. The van der Waals surface area contributed by atoms with Gasteiger partial charge in [-0.2, -0.15) is 0 Å². The van der Waals surface area contributed by atoms with Crippen LogP contribution in [0.25, 0.3) is 10.8 Å². The first-order chi connectivity index (χ1) is 14.1. The highest BCUT2D eigenvalue weighted by Gasteiger charge is 2.32. The van der Waals surface area contributed by atoms with Gasteiger partial charge in [0.1, 0.15) is 0 Å². The first kappa shape index (κ1) is 19.0. The minimum Gasteiger partial charge on any atom is -0.493 e. The molecule has 4 rings (SSSR count). The van der Waals surface area contributed by atoms with E-state index in [0.717, 1.165) is 16.3 Å². The summed E-state index contributed by atoms with van der Waals surface area (Å²) in [7, 11) is 3.20. The highest BCUT2D eigenvalue weighted by atomic mass is 16.5. The van der Waals surface area contributed by atoms with Crippen molar-refractivity contribution in [1.29, 1.82) is 0 Å². The van der Waals surface area contributed by atoms with Crippen molar-refractivity contribution in [2.75, 3.05) is 27.3 Å². The maximum Gasteiger partial charge on any atom is 0.261 e. The van der Waals surface area contributed by atoms with E-state index in [9.17, 15) is 9.59 Å². The Morgan fingerprint density at radius 1 is 0.862 bits per heavy atom. The Labute approximate surface area is 169 Å². The molecular weight excluding hydrogens is 368 g/mol. The van der Waals surface area contributed by atoms with Gasteiger partial charge in [0.15, 0.2) is 11.5 Å². The minimum atomic E-state index is -0.243. The van der Waals surface area contributed by atoms with E-state index in [1.165, 1.54) is 4.90 Å². The average molecular weight is 390 g/mol. The van der Waals surface area contributed by atoms with Crippen LogP contribution in [0.15, 0.2) is 54.6 Å². The zero-order valence-electron chi connectivity index (χ0n) is 16.4. The Hall–Kier alpha value is -3.38. The number of hydrogen-bond donors (Lipinski definition) is 1. The zero-order chi connectivity index (χ0) is 20.4. The molecule has 1 N–H and O–H groups in total. The summed E-state index contributed by atoms with van der Waals surface area (Å²) in [5.74, 6) is 0.853. The van der Waals surface area contributed by atoms with E-state index < -0.39 is 0 Å². The van der Waals surface area contributed by atoms with Crippen LogP contribution in [-0.4, -0.2) is 44.0 Å². The van der Waals surface area contributed by atoms with Crippen LogP contribution in [0, 0.1) is 0 Å². The lowest BCUT2D eigenvalue weighted by Gasteiger charge is -2.27. The van der Waals surface area contributed by atoms with Crippen LogP contribution in [0.1, 0.15) is 26.3 Å². The topological polar surface area (TPSA) is 67.9 Å². The van der Waals surface area contributed by atoms with Gasteiger partial charge in [-0.1, -0.05) is 30.3 Å². The fraction of sp³-hybridized carbons (Fsp3) is 0.217. The first-order valence-corrected chi connectivity index (χ1v) is 9.43. The van der Waals surface area contributed by atoms with E-state index in [2.05, 4.69) is 5.32 Å². The second-order valence-electron chi connectivity index (χ2n) is 6.84. The number of ether oxygens (including phenoxy) is 2. The van der Waals surface area contributed by atoms with Crippen molar-refractivity contribution in [2.24, 2.45) is 0 Å². The average Bonchev–Trinajstić information content (AvgIpc) is 2.76. The van der Waals surface area contributed by atoms with E-state index in [1.807, 2.05) is 42.5 Å². The lowest BCUT2D eigenvalue weighted by Crippen LogP contribution is -2.43. The number of methoxy groups -OCH3 is 2. The number of carbonyl (C=O) groups is 2. The summed E-state index contributed by atoms with van der Waals surface area (Å²) in [4.78, 5) is 27.1. The summed E-state index contributed by atoms with van der Waals surface area (Å²) in [5.41, 5.74) is 2.18. The Bertz CT molecular complexity index is 1040. The molecule has 2 amide bonds. The third-order valence-electron chi connectivity index (χ3n) is 5.15. The molecule has 0 bridgehead atoms. The van der Waals surface area contributed by atoms with Gasteiger partial charge >= 0.3 is 0 Å². The van der Waals surface area contributed by atoms with Gasteiger partial charge in [-0.25, -0.2) is 0 Å². The molecule has 6 nitrogen and oxygen atoms in total. The molecule has 0 saturated heterocycles. The monoisotopic (exact) mass is 390 g/mol. The number of imide groups is 1. The van der Waals surface area contributed by atoms with Crippen molar-refractivity contribution < 1.29 is 19.1 Å². The van der Waals surface area contributed by atoms with Crippen molar-refractivity contribution in [3.8, 4) is 11.5 Å². The van der Waals surface area contributed by atoms with Gasteiger partial charge in [0, 0.05) is 36.1 Å². The highest BCUT2D eigenvalue weighted by molar-refractivity contribution is 6.25. The maximum absolute atomic E-state index is 12.9. The number of nitrogens with one attached hydrogen (secondary N) is 1. The van der Waals surface area contributed by atoms with Gasteiger partial charge in [0.25, 0.3) is 11.8 Å². The minimum absolute atomic E-state index is 0.243. The van der Waals surface area contributed by atoms with E-state index in [1.54, 1.807) is 26.4 Å². The summed E-state index contributed by atoms with van der Waals surface area (Å²) < 4.78 is 10.6. The Morgan fingerprint density at radius 2 is 1.52 bits per heavy atom. The number of hydrogen-bond acceptors (Lipinski definition) is 5. The molecule has 29 heavy (non-hydrogen) atoms. The summed E-state index contributed by atoms with van der Waals surface area (Å²) in [6.45, 7) is 1.38. The third-order valence-corrected chi connectivity index (χ3v) is 5.15. The maximum atomic E-state index is 12.9. The molecule has 0 unspecified atom stereocenters. The summed E-state index contributed by atoms with van der Waals surface area (Å²) in [6, 6.07) is 16.8. The number of nitrogens with zero attached hydrogens (tertiary/aromatic N) is 1. The normalized spacial score (nSPS) is 13.1. The quantitative estimate of drug-likeness (QED) is 0.496. The molecule has 1 heterocycles. The van der Waals surface area contributed by atoms with Gasteiger partial charge in [-0.3, -0.25) is 14.5 Å². The van der Waals surface area contributed by atoms with E-state index in [4.69, 9.17) is 9.47 Å². The lowest BCUT2D eigenvalue weighted by atomic mass is 9.94. The van der Waals surface area contributed by atoms with Crippen LogP contribution < -0.4 is 14.8 Å². The lowest BCUT2D eigenvalue weighted by molar-refractivity contribution is 0.0612. The van der Waals surface area contributed by atoms with E-state index >= 15 is 0 Å². The molecule has 0 radical (unpaired) electrons. The van der Waals surface area contributed by atoms with Crippen LogP contribution in [0.3, 0.4) is 0 Å². The molecule has 0 aromatic heterocycles. The second kappa shape index (κ2) is 7.93. The Kier molecular flexibility index (Phi) is 5.18. The van der Waals surface area contributed by atoms with Crippen molar-refractivity contribution >= 4 is 22.6 Å². The fourth-order valence-corrected chi connectivity index (χ4v) is 3.70. The fourth-order valence-electron chi connectivity index (χ4n) is 3.70.